The Bertz CT molecular complexity index is 699. The Hall–Kier alpha value is -2.10. The normalized spacial score (nSPS) is 15.9. The maximum atomic E-state index is 5.58. The molecule has 4 nitrogen and oxygen atoms in total. The van der Waals surface area contributed by atoms with Crippen LogP contribution < -0.4 is 9.64 Å². The summed E-state index contributed by atoms with van der Waals surface area (Å²) >= 11 is 0. The number of hydrogen-bond donors (Lipinski definition) is 0. The highest BCUT2D eigenvalue weighted by Crippen LogP contribution is 2.29. The van der Waals surface area contributed by atoms with E-state index in [-0.39, 0.29) is 0 Å². The molecule has 4 heteroatoms. The smallest absolute Gasteiger partial charge is 0.135 e. The van der Waals surface area contributed by atoms with E-state index < -0.39 is 0 Å². The van der Waals surface area contributed by atoms with Gasteiger partial charge in [0.05, 0.1) is 6.61 Å². The molecule has 0 saturated carbocycles. The SMILES string of the molecule is CN(Cc1ccc2c(c1)CCO2)c1ncnc2c1CCCC2. The molecule has 114 valence electrons. The molecule has 2 aliphatic rings. The van der Waals surface area contributed by atoms with Gasteiger partial charge in [-0.05, 0) is 42.9 Å². The highest BCUT2D eigenvalue weighted by Gasteiger charge is 2.18. The van der Waals surface area contributed by atoms with E-state index in [0.29, 0.717) is 0 Å². The monoisotopic (exact) mass is 295 g/mol. The van der Waals surface area contributed by atoms with Crippen LogP contribution in [0.4, 0.5) is 5.82 Å². The first-order chi connectivity index (χ1) is 10.8. The first-order valence-corrected chi connectivity index (χ1v) is 8.10. The third kappa shape index (κ3) is 2.43. The lowest BCUT2D eigenvalue weighted by molar-refractivity contribution is 0.357. The molecule has 1 aliphatic heterocycles. The van der Waals surface area contributed by atoms with Gasteiger partial charge in [-0.3, -0.25) is 0 Å². The lowest BCUT2D eigenvalue weighted by atomic mass is 9.96. The van der Waals surface area contributed by atoms with Crippen molar-refractivity contribution in [3.8, 4) is 5.75 Å². The van der Waals surface area contributed by atoms with Gasteiger partial charge in [0.2, 0.25) is 0 Å². The fourth-order valence-corrected chi connectivity index (χ4v) is 3.52. The van der Waals surface area contributed by atoms with Gasteiger partial charge in [0.1, 0.15) is 17.9 Å². The molecule has 2 aromatic rings. The number of anilines is 1. The van der Waals surface area contributed by atoms with Gasteiger partial charge < -0.3 is 9.64 Å². The number of fused-ring (bicyclic) bond motifs is 2. The van der Waals surface area contributed by atoms with Crippen LogP contribution >= 0.6 is 0 Å². The number of hydrogen-bond acceptors (Lipinski definition) is 4. The first kappa shape index (κ1) is 13.6. The van der Waals surface area contributed by atoms with Crippen LogP contribution in [0.5, 0.6) is 5.75 Å². The van der Waals surface area contributed by atoms with Gasteiger partial charge in [-0.1, -0.05) is 12.1 Å². The molecule has 1 aromatic heterocycles. The van der Waals surface area contributed by atoms with E-state index in [2.05, 4.69) is 40.1 Å². The third-order valence-electron chi connectivity index (χ3n) is 4.64. The summed E-state index contributed by atoms with van der Waals surface area (Å²) in [7, 11) is 2.13. The zero-order chi connectivity index (χ0) is 14.9. The van der Waals surface area contributed by atoms with Crippen LogP contribution in [0, 0.1) is 0 Å². The molecule has 1 aliphatic carbocycles. The number of aryl methyl sites for hydroxylation is 1. The van der Waals surface area contributed by atoms with Gasteiger partial charge in [0.15, 0.2) is 0 Å². The lowest BCUT2D eigenvalue weighted by Crippen LogP contribution is -2.22. The topological polar surface area (TPSA) is 38.2 Å². The van der Waals surface area contributed by atoms with E-state index in [1.807, 2.05) is 0 Å². The van der Waals surface area contributed by atoms with Crippen LogP contribution in [-0.2, 0) is 25.8 Å². The number of rotatable bonds is 3. The molecular weight excluding hydrogens is 274 g/mol. The van der Waals surface area contributed by atoms with Crippen LogP contribution in [0.15, 0.2) is 24.5 Å². The minimum Gasteiger partial charge on any atom is -0.493 e. The molecule has 0 radical (unpaired) electrons. The molecule has 0 fully saturated rings. The summed E-state index contributed by atoms with van der Waals surface area (Å²) in [4.78, 5) is 11.3. The fraction of sp³-hybridized carbons (Fsp3) is 0.444. The summed E-state index contributed by atoms with van der Waals surface area (Å²) in [6.07, 6.45) is 7.43. The zero-order valence-corrected chi connectivity index (χ0v) is 13.0. The van der Waals surface area contributed by atoms with Crippen molar-refractivity contribution >= 4 is 5.82 Å². The Morgan fingerprint density at radius 1 is 1.14 bits per heavy atom. The Balaban J connectivity index is 1.58. The predicted octanol–water partition coefficient (Wildman–Crippen LogP) is 2.93. The van der Waals surface area contributed by atoms with Gasteiger partial charge >= 0.3 is 0 Å². The fourth-order valence-electron chi connectivity index (χ4n) is 3.52. The molecule has 0 unspecified atom stereocenters. The standard InChI is InChI=1S/C18H21N3O/c1-21(11-13-6-7-17-14(10-13)8-9-22-17)18-15-4-2-3-5-16(15)19-12-20-18/h6-7,10,12H,2-5,8-9,11H2,1H3. The van der Waals surface area contributed by atoms with Crippen LogP contribution in [0.2, 0.25) is 0 Å². The Morgan fingerprint density at radius 2 is 2.05 bits per heavy atom. The summed E-state index contributed by atoms with van der Waals surface area (Å²) in [5, 5.41) is 0. The van der Waals surface area contributed by atoms with Crippen LogP contribution in [0.3, 0.4) is 0 Å². The number of nitrogens with zero attached hydrogens (tertiary/aromatic N) is 3. The summed E-state index contributed by atoms with van der Waals surface area (Å²) in [5.41, 5.74) is 5.23. The first-order valence-electron chi connectivity index (χ1n) is 8.10. The summed E-state index contributed by atoms with van der Waals surface area (Å²) in [5.74, 6) is 2.15. The average Bonchev–Trinajstić information content (AvgIpc) is 3.02. The van der Waals surface area contributed by atoms with Crippen molar-refractivity contribution in [3.05, 3.63) is 46.9 Å². The van der Waals surface area contributed by atoms with E-state index in [9.17, 15) is 0 Å². The van der Waals surface area contributed by atoms with Crippen molar-refractivity contribution in [1.82, 2.24) is 9.97 Å². The van der Waals surface area contributed by atoms with Gasteiger partial charge in [-0.25, -0.2) is 9.97 Å². The van der Waals surface area contributed by atoms with Crippen molar-refractivity contribution < 1.29 is 4.74 Å². The Morgan fingerprint density at radius 3 is 3.00 bits per heavy atom. The Kier molecular flexibility index (Phi) is 3.45. The third-order valence-corrected chi connectivity index (χ3v) is 4.64. The van der Waals surface area contributed by atoms with Gasteiger partial charge in [0.25, 0.3) is 0 Å². The minimum atomic E-state index is 0.814. The van der Waals surface area contributed by atoms with E-state index >= 15 is 0 Å². The quantitative estimate of drug-likeness (QED) is 0.872. The van der Waals surface area contributed by atoms with E-state index in [4.69, 9.17) is 4.74 Å². The number of benzene rings is 1. The van der Waals surface area contributed by atoms with Crippen LogP contribution in [0.25, 0.3) is 0 Å². The van der Waals surface area contributed by atoms with Crippen molar-refractivity contribution in [1.29, 1.82) is 0 Å². The molecule has 0 atom stereocenters. The minimum absolute atomic E-state index is 0.814. The molecule has 2 heterocycles. The highest BCUT2D eigenvalue weighted by molar-refractivity contribution is 5.50. The molecule has 0 N–H and O–H groups in total. The largest absolute Gasteiger partial charge is 0.493 e. The summed E-state index contributed by atoms with van der Waals surface area (Å²) < 4.78 is 5.58. The molecule has 4 rings (SSSR count). The van der Waals surface area contributed by atoms with Crippen LogP contribution in [0.1, 0.15) is 35.2 Å². The average molecular weight is 295 g/mol. The van der Waals surface area contributed by atoms with Crippen molar-refractivity contribution in [2.45, 2.75) is 38.6 Å². The van der Waals surface area contributed by atoms with E-state index in [1.54, 1.807) is 6.33 Å². The second-order valence-corrected chi connectivity index (χ2v) is 6.23. The maximum absolute atomic E-state index is 5.58. The van der Waals surface area contributed by atoms with Crippen molar-refractivity contribution in [3.63, 3.8) is 0 Å². The summed E-state index contributed by atoms with van der Waals surface area (Å²) in [6.45, 7) is 1.69. The van der Waals surface area contributed by atoms with Crippen molar-refractivity contribution in [2.24, 2.45) is 0 Å². The number of ether oxygens (including phenoxy) is 1. The molecule has 0 spiro atoms. The van der Waals surface area contributed by atoms with Gasteiger partial charge in [-0.15, -0.1) is 0 Å². The molecular formula is C18H21N3O. The highest BCUT2D eigenvalue weighted by atomic mass is 16.5. The van der Waals surface area contributed by atoms with Gasteiger partial charge in [0, 0.05) is 31.3 Å². The lowest BCUT2D eigenvalue weighted by Gasteiger charge is -2.24. The number of aromatic nitrogens is 2. The molecule has 0 bridgehead atoms. The molecule has 22 heavy (non-hydrogen) atoms. The molecule has 1 aromatic carbocycles. The van der Waals surface area contributed by atoms with E-state index in [0.717, 1.165) is 44.0 Å². The van der Waals surface area contributed by atoms with Gasteiger partial charge in [-0.2, -0.15) is 0 Å². The van der Waals surface area contributed by atoms with Crippen molar-refractivity contribution in [2.75, 3.05) is 18.6 Å². The second kappa shape index (κ2) is 5.59. The van der Waals surface area contributed by atoms with Crippen LogP contribution in [-0.4, -0.2) is 23.6 Å². The summed E-state index contributed by atoms with van der Waals surface area (Å²) in [6, 6.07) is 6.53. The molecule has 0 saturated heterocycles. The predicted molar refractivity (Wildman–Crippen MR) is 86.4 cm³/mol. The Labute approximate surface area is 131 Å². The zero-order valence-electron chi connectivity index (χ0n) is 13.0. The van der Waals surface area contributed by atoms with E-state index in [1.165, 1.54) is 35.2 Å². The second-order valence-electron chi connectivity index (χ2n) is 6.23. The molecule has 0 amide bonds. The maximum Gasteiger partial charge on any atom is 0.135 e.